The zero-order valence-electron chi connectivity index (χ0n) is 12.4. The summed E-state index contributed by atoms with van der Waals surface area (Å²) in [7, 11) is 0. The number of rotatable bonds is 5. The maximum atomic E-state index is 6.08. The molecule has 2 rings (SSSR count). The molecule has 1 aromatic heterocycles. The van der Waals surface area contributed by atoms with Crippen LogP contribution in [0.4, 0.5) is 0 Å². The van der Waals surface area contributed by atoms with Crippen LogP contribution in [0.5, 0.6) is 5.75 Å². The van der Waals surface area contributed by atoms with Gasteiger partial charge in [-0.1, -0.05) is 20.8 Å². The minimum atomic E-state index is 0.393. The van der Waals surface area contributed by atoms with Gasteiger partial charge >= 0.3 is 0 Å². The largest absolute Gasteiger partial charge is 0.490 e. The van der Waals surface area contributed by atoms with E-state index in [0.29, 0.717) is 12.1 Å². The Morgan fingerprint density at radius 2 is 2.05 bits per heavy atom. The second-order valence-corrected chi connectivity index (χ2v) is 6.02. The van der Waals surface area contributed by atoms with Crippen molar-refractivity contribution in [3.63, 3.8) is 0 Å². The van der Waals surface area contributed by atoms with Crippen molar-refractivity contribution in [1.29, 1.82) is 0 Å². The lowest BCUT2D eigenvalue weighted by Gasteiger charge is -2.27. The van der Waals surface area contributed by atoms with Crippen LogP contribution in [0.15, 0.2) is 18.3 Å². The molecule has 0 amide bonds. The smallest absolute Gasteiger partial charge is 0.123 e. The average molecular weight is 262 g/mol. The lowest BCUT2D eigenvalue weighted by Crippen LogP contribution is -2.24. The lowest BCUT2D eigenvalue weighted by molar-refractivity contribution is 0.135. The third kappa shape index (κ3) is 4.83. The van der Waals surface area contributed by atoms with Gasteiger partial charge in [0.25, 0.3) is 0 Å². The number of pyridine rings is 1. The molecule has 106 valence electrons. The van der Waals surface area contributed by atoms with Crippen molar-refractivity contribution in [2.45, 2.75) is 65.1 Å². The van der Waals surface area contributed by atoms with Crippen LogP contribution in [0.25, 0.3) is 0 Å². The lowest BCUT2D eigenvalue weighted by atomic mass is 9.89. The fraction of sp³-hybridized carbons (Fsp3) is 0.688. The first kappa shape index (κ1) is 14.3. The van der Waals surface area contributed by atoms with Crippen molar-refractivity contribution in [2.75, 3.05) is 0 Å². The highest BCUT2D eigenvalue weighted by Crippen LogP contribution is 2.27. The summed E-state index contributed by atoms with van der Waals surface area (Å²) in [5, 5.41) is 3.38. The second-order valence-electron chi connectivity index (χ2n) is 6.02. The zero-order chi connectivity index (χ0) is 13.7. The van der Waals surface area contributed by atoms with Crippen molar-refractivity contribution in [2.24, 2.45) is 5.92 Å². The van der Waals surface area contributed by atoms with Crippen LogP contribution < -0.4 is 10.1 Å². The molecule has 0 saturated heterocycles. The molecule has 3 nitrogen and oxygen atoms in total. The molecule has 3 heteroatoms. The Labute approximate surface area is 116 Å². The van der Waals surface area contributed by atoms with Crippen LogP contribution in [-0.4, -0.2) is 17.1 Å². The van der Waals surface area contributed by atoms with Gasteiger partial charge in [0.15, 0.2) is 0 Å². The van der Waals surface area contributed by atoms with Crippen molar-refractivity contribution < 1.29 is 4.74 Å². The summed E-state index contributed by atoms with van der Waals surface area (Å²) in [6.45, 7) is 7.42. The van der Waals surface area contributed by atoms with Crippen LogP contribution >= 0.6 is 0 Å². The number of hydrogen-bond donors (Lipinski definition) is 1. The molecular formula is C16H26N2O. The van der Waals surface area contributed by atoms with Gasteiger partial charge in [0.2, 0.25) is 0 Å². The molecule has 1 heterocycles. The molecule has 0 atom stereocenters. The molecule has 0 aliphatic heterocycles. The normalized spacial score (nSPS) is 23.6. The molecule has 0 radical (unpaired) electrons. The minimum Gasteiger partial charge on any atom is -0.490 e. The summed E-state index contributed by atoms with van der Waals surface area (Å²) >= 11 is 0. The second kappa shape index (κ2) is 6.90. The highest BCUT2D eigenvalue weighted by atomic mass is 16.5. The van der Waals surface area contributed by atoms with E-state index in [2.05, 4.69) is 37.1 Å². The Morgan fingerprint density at radius 3 is 2.74 bits per heavy atom. The summed E-state index contributed by atoms with van der Waals surface area (Å²) in [6, 6.07) is 4.51. The molecule has 1 N–H and O–H groups in total. The van der Waals surface area contributed by atoms with Crippen molar-refractivity contribution in [3.05, 3.63) is 24.0 Å². The van der Waals surface area contributed by atoms with Gasteiger partial charge in [0.1, 0.15) is 5.75 Å². The molecule has 0 aromatic carbocycles. The number of hydrogen-bond acceptors (Lipinski definition) is 3. The van der Waals surface area contributed by atoms with Crippen LogP contribution in [0.3, 0.4) is 0 Å². The van der Waals surface area contributed by atoms with Gasteiger partial charge in [-0.25, -0.2) is 0 Å². The quantitative estimate of drug-likeness (QED) is 0.881. The molecule has 0 bridgehead atoms. The Morgan fingerprint density at radius 1 is 1.32 bits per heavy atom. The van der Waals surface area contributed by atoms with Crippen LogP contribution in [0.1, 0.15) is 52.1 Å². The van der Waals surface area contributed by atoms with E-state index in [1.165, 1.54) is 25.7 Å². The average Bonchev–Trinajstić information content (AvgIpc) is 2.40. The number of nitrogens with one attached hydrogen (secondary N) is 1. The molecule has 0 spiro atoms. The van der Waals surface area contributed by atoms with E-state index in [1.54, 1.807) is 0 Å². The fourth-order valence-corrected chi connectivity index (χ4v) is 2.47. The van der Waals surface area contributed by atoms with E-state index in [1.807, 2.05) is 12.3 Å². The van der Waals surface area contributed by atoms with E-state index < -0.39 is 0 Å². The maximum absolute atomic E-state index is 6.08. The summed E-state index contributed by atoms with van der Waals surface area (Å²) in [4.78, 5) is 4.37. The van der Waals surface area contributed by atoms with Gasteiger partial charge in [-0.05, 0) is 37.7 Å². The Hall–Kier alpha value is -1.09. The van der Waals surface area contributed by atoms with Gasteiger partial charge in [0.05, 0.1) is 11.8 Å². The molecular weight excluding hydrogens is 236 g/mol. The molecule has 1 aromatic rings. The first-order chi connectivity index (χ1) is 9.13. The van der Waals surface area contributed by atoms with Gasteiger partial charge < -0.3 is 10.1 Å². The van der Waals surface area contributed by atoms with E-state index in [0.717, 1.165) is 23.9 Å². The fourth-order valence-electron chi connectivity index (χ4n) is 2.47. The summed E-state index contributed by atoms with van der Waals surface area (Å²) in [5.41, 5.74) is 1.05. The van der Waals surface area contributed by atoms with Gasteiger partial charge in [-0.3, -0.25) is 4.98 Å². The predicted octanol–water partition coefficient (Wildman–Crippen LogP) is 3.54. The standard InChI is InChI=1S/C16H26N2O/c1-12(2)18-11-14-10-16(8-9-17-14)19-15-6-4-13(3)5-7-15/h8-10,12-13,15,18H,4-7,11H2,1-3H3. The highest BCUT2D eigenvalue weighted by Gasteiger charge is 2.19. The molecule has 1 fully saturated rings. The third-order valence-electron chi connectivity index (χ3n) is 3.75. The summed E-state index contributed by atoms with van der Waals surface area (Å²) < 4.78 is 6.08. The predicted molar refractivity (Wildman–Crippen MR) is 78.3 cm³/mol. The van der Waals surface area contributed by atoms with Crippen molar-refractivity contribution in [1.82, 2.24) is 10.3 Å². The number of aromatic nitrogens is 1. The van der Waals surface area contributed by atoms with Crippen molar-refractivity contribution in [3.8, 4) is 5.75 Å². The first-order valence-corrected chi connectivity index (χ1v) is 7.48. The SMILES string of the molecule is CC1CCC(Oc2ccnc(CNC(C)C)c2)CC1. The van der Waals surface area contributed by atoms with E-state index in [9.17, 15) is 0 Å². The van der Waals surface area contributed by atoms with E-state index in [4.69, 9.17) is 4.74 Å². The summed E-state index contributed by atoms with van der Waals surface area (Å²) in [6.07, 6.45) is 7.18. The topological polar surface area (TPSA) is 34.1 Å². The molecule has 1 aliphatic carbocycles. The molecule has 19 heavy (non-hydrogen) atoms. The highest BCUT2D eigenvalue weighted by molar-refractivity contribution is 5.23. The van der Waals surface area contributed by atoms with Crippen LogP contribution in [0.2, 0.25) is 0 Å². The Kier molecular flexibility index (Phi) is 5.20. The van der Waals surface area contributed by atoms with E-state index >= 15 is 0 Å². The van der Waals surface area contributed by atoms with Gasteiger partial charge in [0, 0.05) is 24.8 Å². The number of ether oxygens (including phenoxy) is 1. The Balaban J connectivity index is 1.88. The number of nitrogens with zero attached hydrogens (tertiary/aromatic N) is 1. The minimum absolute atomic E-state index is 0.393. The van der Waals surface area contributed by atoms with Crippen LogP contribution in [-0.2, 0) is 6.54 Å². The molecule has 1 aliphatic rings. The Bertz CT molecular complexity index is 384. The van der Waals surface area contributed by atoms with Gasteiger partial charge in [-0.15, -0.1) is 0 Å². The maximum Gasteiger partial charge on any atom is 0.123 e. The zero-order valence-corrected chi connectivity index (χ0v) is 12.4. The summed E-state index contributed by atoms with van der Waals surface area (Å²) in [5.74, 6) is 1.83. The monoisotopic (exact) mass is 262 g/mol. The third-order valence-corrected chi connectivity index (χ3v) is 3.75. The first-order valence-electron chi connectivity index (χ1n) is 7.48. The van der Waals surface area contributed by atoms with Crippen LogP contribution in [0, 0.1) is 5.92 Å². The van der Waals surface area contributed by atoms with Gasteiger partial charge in [-0.2, -0.15) is 0 Å². The molecule has 1 saturated carbocycles. The van der Waals surface area contributed by atoms with E-state index in [-0.39, 0.29) is 0 Å². The molecule has 0 unspecified atom stereocenters. The van der Waals surface area contributed by atoms with Crippen molar-refractivity contribution >= 4 is 0 Å².